The zero-order valence-corrected chi connectivity index (χ0v) is 11.5. The lowest BCUT2D eigenvalue weighted by molar-refractivity contribution is -0.274. The molecule has 0 atom stereocenters. The number of benzene rings is 1. The van der Waals surface area contributed by atoms with Crippen LogP contribution in [0, 0.1) is 3.57 Å². The number of hydrogen-bond donors (Lipinski definition) is 0. The van der Waals surface area contributed by atoms with Crippen LogP contribution in [-0.4, -0.2) is 26.2 Å². The minimum absolute atomic E-state index is 0.111. The second-order valence-electron chi connectivity index (χ2n) is 3.43. The highest BCUT2D eigenvalue weighted by Gasteiger charge is 2.32. The third kappa shape index (κ3) is 2.88. The summed E-state index contributed by atoms with van der Waals surface area (Å²) in [5.41, 5.74) is -0.400. The number of ether oxygens (including phenoxy) is 1. The summed E-state index contributed by atoms with van der Waals surface area (Å²) in [6, 6.07) is 3.93. The summed E-state index contributed by atoms with van der Waals surface area (Å²) in [5.74, 6) is -0.400. The Balaban J connectivity index is 2.52. The zero-order valence-electron chi connectivity index (χ0n) is 9.35. The number of halogens is 4. The van der Waals surface area contributed by atoms with Crippen molar-refractivity contribution in [2.75, 3.05) is 0 Å². The van der Waals surface area contributed by atoms with Crippen LogP contribution in [-0.2, 0) is 7.05 Å². The van der Waals surface area contributed by atoms with Gasteiger partial charge in [-0.1, -0.05) is 6.07 Å². The maximum atomic E-state index is 12.2. The van der Waals surface area contributed by atoms with E-state index in [1.165, 1.54) is 19.2 Å². The van der Waals surface area contributed by atoms with E-state index in [9.17, 15) is 18.0 Å². The topological polar surface area (TPSA) is 61.9 Å². The SMILES string of the molecule is Cn1nnn(-c2cccc(OC(F)(F)F)c2I)c1=O. The van der Waals surface area contributed by atoms with Gasteiger partial charge < -0.3 is 4.74 Å². The normalized spacial score (nSPS) is 11.6. The Labute approximate surface area is 117 Å². The molecule has 19 heavy (non-hydrogen) atoms. The molecule has 10 heteroatoms. The first kappa shape index (κ1) is 13.8. The molecule has 102 valence electrons. The van der Waals surface area contributed by atoms with Gasteiger partial charge in [0, 0.05) is 7.05 Å². The van der Waals surface area contributed by atoms with E-state index < -0.39 is 17.8 Å². The fourth-order valence-corrected chi connectivity index (χ4v) is 2.03. The van der Waals surface area contributed by atoms with Crippen molar-refractivity contribution in [2.45, 2.75) is 6.36 Å². The third-order valence-electron chi connectivity index (χ3n) is 2.12. The van der Waals surface area contributed by atoms with Crippen LogP contribution in [0.4, 0.5) is 13.2 Å². The molecule has 2 aromatic rings. The van der Waals surface area contributed by atoms with Crippen molar-refractivity contribution in [3.63, 3.8) is 0 Å². The van der Waals surface area contributed by atoms with Gasteiger partial charge in [0.25, 0.3) is 0 Å². The Hall–Kier alpha value is -1.59. The molecule has 0 unspecified atom stereocenters. The molecule has 0 saturated heterocycles. The van der Waals surface area contributed by atoms with Crippen molar-refractivity contribution in [3.8, 4) is 11.4 Å². The monoisotopic (exact) mass is 386 g/mol. The molecule has 0 aliphatic carbocycles. The number of nitrogens with zero attached hydrogens (tertiary/aromatic N) is 4. The molecule has 0 aliphatic rings. The van der Waals surface area contributed by atoms with Crippen molar-refractivity contribution < 1.29 is 17.9 Å². The molecule has 1 aromatic heterocycles. The van der Waals surface area contributed by atoms with E-state index in [1.54, 1.807) is 22.6 Å². The first-order valence-corrected chi connectivity index (χ1v) is 5.91. The lowest BCUT2D eigenvalue weighted by Gasteiger charge is -2.12. The van der Waals surface area contributed by atoms with Gasteiger partial charge in [-0.05, 0) is 45.2 Å². The Kier molecular flexibility index (Phi) is 3.52. The van der Waals surface area contributed by atoms with E-state index in [1.807, 2.05) is 0 Å². The Morgan fingerprint density at radius 2 is 2.00 bits per heavy atom. The number of aromatic nitrogens is 4. The predicted octanol–water partition coefficient (Wildman–Crippen LogP) is 1.47. The minimum atomic E-state index is -4.80. The molecule has 0 spiro atoms. The number of alkyl halides is 3. The van der Waals surface area contributed by atoms with Crippen LogP contribution in [0.1, 0.15) is 0 Å². The maximum Gasteiger partial charge on any atom is 0.573 e. The van der Waals surface area contributed by atoms with E-state index in [0.717, 1.165) is 15.4 Å². The van der Waals surface area contributed by atoms with Gasteiger partial charge in [0.05, 0.1) is 9.26 Å². The van der Waals surface area contributed by atoms with Gasteiger partial charge in [-0.25, -0.2) is 4.79 Å². The third-order valence-corrected chi connectivity index (χ3v) is 3.20. The van der Waals surface area contributed by atoms with Crippen LogP contribution in [0.25, 0.3) is 5.69 Å². The molecule has 6 nitrogen and oxygen atoms in total. The fourth-order valence-electron chi connectivity index (χ4n) is 1.33. The van der Waals surface area contributed by atoms with Gasteiger partial charge >= 0.3 is 12.1 Å². The summed E-state index contributed by atoms with van der Waals surface area (Å²) < 4.78 is 42.5. The Morgan fingerprint density at radius 1 is 1.32 bits per heavy atom. The number of aryl methyl sites for hydroxylation is 1. The molecule has 0 N–H and O–H groups in total. The quantitative estimate of drug-likeness (QED) is 0.734. The first-order valence-electron chi connectivity index (χ1n) is 4.83. The molecule has 0 amide bonds. The second-order valence-corrected chi connectivity index (χ2v) is 4.51. The van der Waals surface area contributed by atoms with Crippen LogP contribution in [0.5, 0.6) is 5.75 Å². The predicted molar refractivity (Wildman–Crippen MR) is 66.0 cm³/mol. The van der Waals surface area contributed by atoms with Crippen molar-refractivity contribution in [2.24, 2.45) is 7.05 Å². The summed E-state index contributed by atoms with van der Waals surface area (Å²) in [4.78, 5) is 11.7. The highest BCUT2D eigenvalue weighted by molar-refractivity contribution is 14.1. The molecular formula is C9H6F3IN4O2. The lowest BCUT2D eigenvalue weighted by Crippen LogP contribution is -2.23. The van der Waals surface area contributed by atoms with Crippen LogP contribution >= 0.6 is 22.6 Å². The van der Waals surface area contributed by atoms with E-state index >= 15 is 0 Å². The number of hydrogen-bond acceptors (Lipinski definition) is 4. The van der Waals surface area contributed by atoms with Gasteiger partial charge in [0.15, 0.2) is 0 Å². The first-order chi connectivity index (χ1) is 8.79. The minimum Gasteiger partial charge on any atom is -0.405 e. The molecule has 0 aliphatic heterocycles. The summed E-state index contributed by atoms with van der Waals surface area (Å²) in [6.45, 7) is 0. The Bertz CT molecular complexity index is 664. The van der Waals surface area contributed by atoms with Gasteiger partial charge in [-0.3, -0.25) is 0 Å². The highest BCUT2D eigenvalue weighted by Crippen LogP contribution is 2.30. The fraction of sp³-hybridized carbons (Fsp3) is 0.222. The smallest absolute Gasteiger partial charge is 0.405 e. The number of tetrazole rings is 1. The summed E-state index contributed by atoms with van der Waals surface area (Å²) in [7, 11) is 1.38. The van der Waals surface area contributed by atoms with Gasteiger partial charge in [-0.2, -0.15) is 9.36 Å². The zero-order chi connectivity index (χ0) is 14.2. The van der Waals surface area contributed by atoms with Crippen molar-refractivity contribution >= 4 is 22.6 Å². The van der Waals surface area contributed by atoms with Crippen molar-refractivity contribution in [3.05, 3.63) is 32.3 Å². The van der Waals surface area contributed by atoms with Crippen molar-refractivity contribution in [1.82, 2.24) is 19.8 Å². The summed E-state index contributed by atoms with van der Waals surface area (Å²) in [5, 5.41) is 7.05. The largest absolute Gasteiger partial charge is 0.573 e. The summed E-state index contributed by atoms with van der Waals surface area (Å²) >= 11 is 1.65. The molecule has 0 fully saturated rings. The maximum absolute atomic E-state index is 12.2. The van der Waals surface area contributed by atoms with Crippen molar-refractivity contribution in [1.29, 1.82) is 0 Å². The van der Waals surface area contributed by atoms with E-state index in [0.29, 0.717) is 0 Å². The molecule has 1 heterocycles. The van der Waals surface area contributed by atoms with Crippen LogP contribution in [0.15, 0.2) is 23.0 Å². The average molecular weight is 386 g/mol. The summed E-state index contributed by atoms with van der Waals surface area (Å²) in [6.07, 6.45) is -4.80. The molecule has 0 radical (unpaired) electrons. The van der Waals surface area contributed by atoms with E-state index in [4.69, 9.17) is 0 Å². The molecule has 0 bridgehead atoms. The van der Waals surface area contributed by atoms with Crippen LogP contribution in [0.3, 0.4) is 0 Å². The van der Waals surface area contributed by atoms with E-state index in [-0.39, 0.29) is 9.26 Å². The Morgan fingerprint density at radius 3 is 2.53 bits per heavy atom. The lowest BCUT2D eigenvalue weighted by atomic mass is 10.3. The highest BCUT2D eigenvalue weighted by atomic mass is 127. The molecule has 0 saturated carbocycles. The average Bonchev–Trinajstić information content (AvgIpc) is 2.62. The van der Waals surface area contributed by atoms with Gasteiger partial charge in [0.1, 0.15) is 5.75 Å². The van der Waals surface area contributed by atoms with Crippen LogP contribution in [0.2, 0.25) is 0 Å². The molecular weight excluding hydrogens is 380 g/mol. The second kappa shape index (κ2) is 4.83. The van der Waals surface area contributed by atoms with Crippen LogP contribution < -0.4 is 10.4 Å². The van der Waals surface area contributed by atoms with E-state index in [2.05, 4.69) is 15.2 Å². The van der Waals surface area contributed by atoms with Gasteiger partial charge in [0.2, 0.25) is 0 Å². The molecule has 2 rings (SSSR count). The standard InChI is InChI=1S/C9H6F3IN4O2/c1-16-8(18)17(15-14-16)5-3-2-4-6(7(5)13)19-9(10,11)12/h2-4H,1H3. The number of rotatable bonds is 2. The van der Waals surface area contributed by atoms with Gasteiger partial charge in [-0.15, -0.1) is 13.2 Å². The molecule has 1 aromatic carbocycles.